The molecule has 0 radical (unpaired) electrons. The molecule has 1 aromatic heterocycles. The van der Waals surface area contributed by atoms with Crippen LogP contribution in [-0.2, 0) is 0 Å². The van der Waals surface area contributed by atoms with Gasteiger partial charge in [-0.05, 0) is 28.9 Å². The maximum Gasteiger partial charge on any atom is 0.214 e. The maximum absolute atomic E-state index is 11.0. The minimum atomic E-state index is -0.00333. The Morgan fingerprint density at radius 2 is 2.25 bits per heavy atom. The molecular weight excluding hydrogens is 222 g/mol. The van der Waals surface area contributed by atoms with Gasteiger partial charge in [-0.1, -0.05) is 0 Å². The van der Waals surface area contributed by atoms with Crippen LogP contribution in [0.4, 0.5) is 0 Å². The number of pyridine rings is 1. The fourth-order valence-corrected chi connectivity index (χ4v) is 1.20. The van der Waals surface area contributed by atoms with E-state index in [1.54, 1.807) is 12.1 Å². The molecule has 4 heteroatoms. The Morgan fingerprint density at radius 1 is 1.58 bits per heavy atom. The molecule has 64 valence electrons. The molecule has 0 aromatic carbocycles. The van der Waals surface area contributed by atoms with E-state index in [0.29, 0.717) is 16.0 Å². The topological polar surface area (TPSA) is 39.2 Å². The Morgan fingerprint density at radius 3 is 2.75 bits per heavy atom. The largest absolute Gasteiger partial charge is 0.481 e. The van der Waals surface area contributed by atoms with Crippen molar-refractivity contribution in [1.29, 1.82) is 0 Å². The van der Waals surface area contributed by atoms with Crippen molar-refractivity contribution >= 4 is 21.7 Å². The Bertz CT molecular complexity index is 312. The van der Waals surface area contributed by atoms with E-state index < -0.39 is 0 Å². The lowest BCUT2D eigenvalue weighted by atomic mass is 10.2. The van der Waals surface area contributed by atoms with Crippen LogP contribution in [0.5, 0.6) is 5.88 Å². The van der Waals surface area contributed by atoms with Gasteiger partial charge in [0.15, 0.2) is 5.78 Å². The van der Waals surface area contributed by atoms with E-state index in [2.05, 4.69) is 20.9 Å². The second kappa shape index (κ2) is 3.67. The van der Waals surface area contributed by atoms with E-state index in [0.717, 1.165) is 0 Å². The summed E-state index contributed by atoms with van der Waals surface area (Å²) in [6.45, 7) is 1.50. The summed E-state index contributed by atoms with van der Waals surface area (Å²) in [5, 5.41) is 0. The van der Waals surface area contributed by atoms with E-state index in [1.165, 1.54) is 14.0 Å². The number of hydrogen-bond acceptors (Lipinski definition) is 3. The summed E-state index contributed by atoms with van der Waals surface area (Å²) < 4.78 is 5.50. The zero-order chi connectivity index (χ0) is 9.14. The van der Waals surface area contributed by atoms with Gasteiger partial charge >= 0.3 is 0 Å². The first-order valence-electron chi connectivity index (χ1n) is 3.36. The first-order chi connectivity index (χ1) is 5.63. The van der Waals surface area contributed by atoms with Crippen molar-refractivity contribution in [1.82, 2.24) is 4.98 Å². The third kappa shape index (κ3) is 2.04. The van der Waals surface area contributed by atoms with Crippen LogP contribution >= 0.6 is 15.9 Å². The molecule has 0 aliphatic heterocycles. The molecule has 0 bridgehead atoms. The molecule has 0 N–H and O–H groups in total. The first kappa shape index (κ1) is 9.19. The molecule has 12 heavy (non-hydrogen) atoms. The normalized spacial score (nSPS) is 9.58. The van der Waals surface area contributed by atoms with Crippen molar-refractivity contribution in [3.63, 3.8) is 0 Å². The molecule has 0 saturated heterocycles. The third-order valence-corrected chi connectivity index (χ3v) is 1.79. The number of ether oxygens (including phenoxy) is 1. The monoisotopic (exact) mass is 229 g/mol. The molecule has 3 nitrogen and oxygen atoms in total. The molecule has 0 atom stereocenters. The van der Waals surface area contributed by atoms with Crippen molar-refractivity contribution in [3.8, 4) is 5.88 Å². The molecule has 0 saturated carbocycles. The minimum Gasteiger partial charge on any atom is -0.481 e. The lowest BCUT2D eigenvalue weighted by molar-refractivity contribution is 0.101. The smallest absolute Gasteiger partial charge is 0.214 e. The number of aromatic nitrogens is 1. The predicted molar refractivity (Wildman–Crippen MR) is 48.5 cm³/mol. The van der Waals surface area contributed by atoms with E-state index in [9.17, 15) is 4.79 Å². The highest BCUT2D eigenvalue weighted by molar-refractivity contribution is 9.10. The van der Waals surface area contributed by atoms with Gasteiger partial charge in [0.2, 0.25) is 5.88 Å². The average Bonchev–Trinajstić information content (AvgIpc) is 2.03. The van der Waals surface area contributed by atoms with Crippen LogP contribution in [0.25, 0.3) is 0 Å². The summed E-state index contributed by atoms with van der Waals surface area (Å²) in [5.41, 5.74) is 0.591. The number of hydrogen-bond donors (Lipinski definition) is 0. The van der Waals surface area contributed by atoms with Crippen molar-refractivity contribution in [2.75, 3.05) is 7.11 Å². The van der Waals surface area contributed by atoms with Gasteiger partial charge in [-0.15, -0.1) is 0 Å². The number of carbonyl (C=O) groups is 1. The number of ketones is 1. The van der Waals surface area contributed by atoms with Crippen LogP contribution < -0.4 is 4.74 Å². The molecule has 0 aliphatic carbocycles. The summed E-state index contributed by atoms with van der Waals surface area (Å²) in [6.07, 6.45) is 0. The molecule has 0 fully saturated rings. The second-order valence-corrected chi connectivity index (χ2v) is 3.09. The van der Waals surface area contributed by atoms with Gasteiger partial charge in [-0.2, -0.15) is 0 Å². The molecule has 0 aliphatic rings. The molecule has 1 rings (SSSR count). The zero-order valence-electron chi connectivity index (χ0n) is 6.80. The van der Waals surface area contributed by atoms with Crippen LogP contribution in [0.2, 0.25) is 0 Å². The molecule has 0 spiro atoms. The van der Waals surface area contributed by atoms with Crippen LogP contribution in [-0.4, -0.2) is 17.9 Å². The Labute approximate surface area is 78.9 Å². The molecule has 0 unspecified atom stereocenters. The van der Waals surface area contributed by atoms with E-state index >= 15 is 0 Å². The standard InChI is InChI=1S/C8H8BrNO2/c1-5(11)6-3-7(9)10-8(4-6)12-2/h3-4H,1-2H3. The van der Waals surface area contributed by atoms with E-state index in [4.69, 9.17) is 4.74 Å². The SMILES string of the molecule is COc1cc(C(C)=O)cc(Br)n1. The van der Waals surface area contributed by atoms with Crippen LogP contribution in [0.3, 0.4) is 0 Å². The van der Waals surface area contributed by atoms with Crippen molar-refractivity contribution in [3.05, 3.63) is 22.3 Å². The van der Waals surface area contributed by atoms with Crippen LogP contribution in [0.1, 0.15) is 17.3 Å². The summed E-state index contributed by atoms with van der Waals surface area (Å²) in [7, 11) is 1.51. The van der Waals surface area contributed by atoms with Crippen molar-refractivity contribution < 1.29 is 9.53 Å². The van der Waals surface area contributed by atoms with Gasteiger partial charge in [0.05, 0.1) is 7.11 Å². The van der Waals surface area contributed by atoms with E-state index in [-0.39, 0.29) is 5.78 Å². The van der Waals surface area contributed by atoms with Crippen molar-refractivity contribution in [2.24, 2.45) is 0 Å². The minimum absolute atomic E-state index is 0.00333. The molecular formula is C8H8BrNO2. The van der Waals surface area contributed by atoms with Crippen LogP contribution in [0, 0.1) is 0 Å². The predicted octanol–water partition coefficient (Wildman–Crippen LogP) is 2.06. The third-order valence-electron chi connectivity index (χ3n) is 1.39. The molecule has 1 aromatic rings. The van der Waals surface area contributed by atoms with Gasteiger partial charge in [0.25, 0.3) is 0 Å². The lowest BCUT2D eigenvalue weighted by Gasteiger charge is -2.01. The fraction of sp³-hybridized carbons (Fsp3) is 0.250. The fourth-order valence-electron chi connectivity index (χ4n) is 0.781. The van der Waals surface area contributed by atoms with Gasteiger partial charge in [0.1, 0.15) is 4.60 Å². The van der Waals surface area contributed by atoms with Gasteiger partial charge in [0, 0.05) is 11.6 Å². The molecule has 1 heterocycles. The quantitative estimate of drug-likeness (QED) is 0.576. The van der Waals surface area contributed by atoms with Gasteiger partial charge in [-0.3, -0.25) is 4.79 Å². The summed E-state index contributed by atoms with van der Waals surface area (Å²) in [5.74, 6) is 0.436. The highest BCUT2D eigenvalue weighted by Crippen LogP contribution is 2.16. The maximum atomic E-state index is 11.0. The lowest BCUT2D eigenvalue weighted by Crippen LogP contribution is -1.95. The van der Waals surface area contributed by atoms with Gasteiger partial charge < -0.3 is 4.74 Å². The second-order valence-electron chi connectivity index (χ2n) is 2.28. The summed E-state index contributed by atoms with van der Waals surface area (Å²) in [6, 6.07) is 3.26. The number of Topliss-reactive ketones (excluding diaryl/α,β-unsaturated/α-hetero) is 1. The van der Waals surface area contributed by atoms with Crippen molar-refractivity contribution in [2.45, 2.75) is 6.92 Å². The molecule has 0 amide bonds. The average molecular weight is 230 g/mol. The number of carbonyl (C=O) groups excluding carboxylic acids is 1. The number of rotatable bonds is 2. The Balaban J connectivity index is 3.15. The first-order valence-corrected chi connectivity index (χ1v) is 4.15. The number of nitrogens with zero attached hydrogens (tertiary/aromatic N) is 1. The highest BCUT2D eigenvalue weighted by atomic mass is 79.9. The van der Waals surface area contributed by atoms with Crippen LogP contribution in [0.15, 0.2) is 16.7 Å². The number of methoxy groups -OCH3 is 1. The van der Waals surface area contributed by atoms with E-state index in [1.807, 2.05) is 0 Å². The Hall–Kier alpha value is -0.900. The number of halogens is 1. The van der Waals surface area contributed by atoms with Gasteiger partial charge in [-0.25, -0.2) is 4.98 Å². The highest BCUT2D eigenvalue weighted by Gasteiger charge is 2.04. The Kier molecular flexibility index (Phi) is 2.81. The summed E-state index contributed by atoms with van der Waals surface area (Å²) in [4.78, 5) is 14.9. The zero-order valence-corrected chi connectivity index (χ0v) is 8.38. The summed E-state index contributed by atoms with van der Waals surface area (Å²) >= 11 is 3.18.